The minimum Gasteiger partial charge on any atom is -0.497 e. The van der Waals surface area contributed by atoms with E-state index in [4.69, 9.17) is 4.74 Å². The summed E-state index contributed by atoms with van der Waals surface area (Å²) in [6.45, 7) is 1.71. The van der Waals surface area contributed by atoms with Crippen molar-refractivity contribution in [3.8, 4) is 5.75 Å². The Morgan fingerprint density at radius 1 is 1.10 bits per heavy atom. The second kappa shape index (κ2) is 9.89. The molecule has 2 aliphatic heterocycles. The van der Waals surface area contributed by atoms with Gasteiger partial charge >= 0.3 is 0 Å². The third-order valence-electron chi connectivity index (χ3n) is 6.11. The van der Waals surface area contributed by atoms with E-state index in [-0.39, 0.29) is 29.8 Å². The van der Waals surface area contributed by atoms with Crippen LogP contribution in [0.15, 0.2) is 48.8 Å². The number of piperidine rings is 1. The Morgan fingerprint density at radius 2 is 1.81 bits per heavy atom. The van der Waals surface area contributed by atoms with Crippen LogP contribution in [-0.2, 0) is 16.1 Å². The molecule has 2 aromatic rings. The fraction of sp³-hybridized carbons (Fsp3) is 0.435. The predicted octanol–water partition coefficient (Wildman–Crippen LogP) is 1.55. The van der Waals surface area contributed by atoms with Crippen molar-refractivity contribution >= 4 is 11.8 Å². The molecule has 1 aromatic heterocycles. The van der Waals surface area contributed by atoms with Crippen LogP contribution in [0.3, 0.4) is 0 Å². The highest BCUT2D eigenvalue weighted by Gasteiger charge is 2.35. The van der Waals surface area contributed by atoms with E-state index in [2.05, 4.69) is 21.2 Å². The van der Waals surface area contributed by atoms with Crippen LogP contribution in [0.2, 0.25) is 0 Å². The first-order chi connectivity index (χ1) is 15.1. The van der Waals surface area contributed by atoms with Gasteiger partial charge in [-0.15, -0.1) is 0 Å². The van der Waals surface area contributed by atoms with Crippen molar-refractivity contribution in [1.82, 2.24) is 26.1 Å². The number of nitrogens with one attached hydrogen (secondary N) is 3. The number of methoxy groups -OCH3 is 1. The number of carbonyl (C=O) groups is 2. The van der Waals surface area contributed by atoms with Crippen molar-refractivity contribution < 1.29 is 14.3 Å². The summed E-state index contributed by atoms with van der Waals surface area (Å²) in [6, 6.07) is 11.4. The molecule has 0 spiro atoms. The molecule has 2 fully saturated rings. The zero-order chi connectivity index (χ0) is 21.6. The SMILES string of the molecule is COc1ccc(CNC(=O)C2CCN(C(=O)C3CC(c4ccncc4)NN3)CC2)cc1. The third-order valence-corrected chi connectivity index (χ3v) is 6.11. The summed E-state index contributed by atoms with van der Waals surface area (Å²) in [5.74, 6) is 0.898. The lowest BCUT2D eigenvalue weighted by Gasteiger charge is -2.32. The van der Waals surface area contributed by atoms with Crippen LogP contribution in [0.1, 0.15) is 36.4 Å². The Morgan fingerprint density at radius 3 is 2.48 bits per heavy atom. The number of benzene rings is 1. The molecule has 0 aliphatic carbocycles. The standard InChI is InChI=1S/C23H29N5O3/c1-31-19-4-2-16(3-5-19)15-25-22(29)18-8-12-28(13-9-18)23(30)21-14-20(26-27-21)17-6-10-24-11-7-17/h2-7,10-11,18,20-21,26-27H,8-9,12-15H2,1H3,(H,25,29). The van der Waals surface area contributed by atoms with Gasteiger partial charge in [-0.1, -0.05) is 12.1 Å². The van der Waals surface area contributed by atoms with Crippen molar-refractivity contribution in [3.05, 3.63) is 59.9 Å². The van der Waals surface area contributed by atoms with E-state index in [1.165, 1.54) is 0 Å². The summed E-state index contributed by atoms with van der Waals surface area (Å²) >= 11 is 0. The van der Waals surface area contributed by atoms with E-state index in [9.17, 15) is 9.59 Å². The lowest BCUT2D eigenvalue weighted by Crippen LogP contribution is -2.49. The van der Waals surface area contributed by atoms with Gasteiger partial charge in [-0.3, -0.25) is 14.6 Å². The molecule has 4 rings (SSSR count). The molecule has 31 heavy (non-hydrogen) atoms. The third kappa shape index (κ3) is 5.21. The van der Waals surface area contributed by atoms with Gasteiger partial charge in [-0.05, 0) is 54.7 Å². The number of nitrogens with zero attached hydrogens (tertiary/aromatic N) is 2. The topological polar surface area (TPSA) is 95.6 Å². The van der Waals surface area contributed by atoms with Gasteiger partial charge < -0.3 is 15.0 Å². The molecule has 0 bridgehead atoms. The van der Waals surface area contributed by atoms with Crippen LogP contribution in [0, 0.1) is 5.92 Å². The summed E-state index contributed by atoms with van der Waals surface area (Å²) in [7, 11) is 1.63. The van der Waals surface area contributed by atoms with Gasteiger partial charge in [0.25, 0.3) is 0 Å². The van der Waals surface area contributed by atoms with Gasteiger partial charge in [-0.25, -0.2) is 10.9 Å². The maximum absolute atomic E-state index is 12.9. The summed E-state index contributed by atoms with van der Waals surface area (Å²) in [6.07, 6.45) is 5.60. The highest BCUT2D eigenvalue weighted by atomic mass is 16.5. The van der Waals surface area contributed by atoms with Crippen molar-refractivity contribution in [2.75, 3.05) is 20.2 Å². The summed E-state index contributed by atoms with van der Waals surface area (Å²) in [4.78, 5) is 31.4. The number of carbonyl (C=O) groups excluding carboxylic acids is 2. The fourth-order valence-corrected chi connectivity index (χ4v) is 4.19. The first kappa shape index (κ1) is 21.3. The maximum atomic E-state index is 12.9. The Hall–Kier alpha value is -2.97. The number of pyridine rings is 1. The number of likely N-dealkylation sites (tertiary alicyclic amines) is 1. The largest absolute Gasteiger partial charge is 0.497 e. The number of rotatable bonds is 6. The van der Waals surface area contributed by atoms with E-state index < -0.39 is 0 Å². The molecule has 0 saturated carbocycles. The molecular weight excluding hydrogens is 394 g/mol. The number of hydrazine groups is 1. The van der Waals surface area contributed by atoms with Gasteiger partial charge in [0.15, 0.2) is 0 Å². The molecule has 1 aromatic carbocycles. The minimum absolute atomic E-state index is 0.0541. The molecule has 0 radical (unpaired) electrons. The molecule has 164 valence electrons. The number of aromatic nitrogens is 1. The molecular formula is C23H29N5O3. The first-order valence-corrected chi connectivity index (χ1v) is 10.7. The summed E-state index contributed by atoms with van der Waals surface area (Å²) in [5, 5.41) is 3.02. The van der Waals surface area contributed by atoms with Gasteiger partial charge in [0.05, 0.1) is 7.11 Å². The molecule has 2 unspecified atom stereocenters. The van der Waals surface area contributed by atoms with Crippen molar-refractivity contribution in [2.24, 2.45) is 5.92 Å². The quantitative estimate of drug-likeness (QED) is 0.653. The molecule has 3 N–H and O–H groups in total. The van der Waals surface area contributed by atoms with Crippen molar-refractivity contribution in [3.63, 3.8) is 0 Å². The average Bonchev–Trinajstić information content (AvgIpc) is 3.33. The van der Waals surface area contributed by atoms with Crippen LogP contribution in [0.5, 0.6) is 5.75 Å². The second-order valence-corrected chi connectivity index (χ2v) is 8.08. The van der Waals surface area contributed by atoms with E-state index >= 15 is 0 Å². The smallest absolute Gasteiger partial charge is 0.241 e. The number of ether oxygens (including phenoxy) is 1. The highest BCUT2D eigenvalue weighted by molar-refractivity contribution is 5.83. The van der Waals surface area contributed by atoms with Gasteiger partial charge in [0.1, 0.15) is 11.8 Å². The van der Waals surface area contributed by atoms with Crippen LogP contribution in [0.25, 0.3) is 0 Å². The number of amides is 2. The molecule has 3 heterocycles. The fourth-order valence-electron chi connectivity index (χ4n) is 4.19. The molecule has 8 nitrogen and oxygen atoms in total. The van der Waals surface area contributed by atoms with Crippen LogP contribution >= 0.6 is 0 Å². The predicted molar refractivity (Wildman–Crippen MR) is 116 cm³/mol. The maximum Gasteiger partial charge on any atom is 0.241 e. The van der Waals surface area contributed by atoms with E-state index in [0.29, 0.717) is 38.9 Å². The molecule has 2 amide bonds. The van der Waals surface area contributed by atoms with E-state index in [0.717, 1.165) is 16.9 Å². The van der Waals surface area contributed by atoms with Gasteiger partial charge in [0.2, 0.25) is 11.8 Å². The van der Waals surface area contributed by atoms with Crippen LogP contribution in [-0.4, -0.2) is 47.9 Å². The molecule has 2 atom stereocenters. The normalized spacial score (nSPS) is 21.6. The molecule has 8 heteroatoms. The Balaban J connectivity index is 1.21. The Kier molecular flexibility index (Phi) is 6.79. The average molecular weight is 424 g/mol. The van der Waals surface area contributed by atoms with Gasteiger partial charge in [0, 0.05) is 44.0 Å². The molecule has 2 saturated heterocycles. The zero-order valence-corrected chi connectivity index (χ0v) is 17.7. The monoisotopic (exact) mass is 423 g/mol. The summed E-state index contributed by atoms with van der Waals surface area (Å²) in [5.41, 5.74) is 8.49. The lowest BCUT2D eigenvalue weighted by molar-refractivity contribution is -0.137. The summed E-state index contributed by atoms with van der Waals surface area (Å²) < 4.78 is 5.15. The second-order valence-electron chi connectivity index (χ2n) is 8.08. The van der Waals surface area contributed by atoms with Crippen LogP contribution in [0.4, 0.5) is 0 Å². The number of hydrogen-bond acceptors (Lipinski definition) is 6. The van der Waals surface area contributed by atoms with Gasteiger partial charge in [-0.2, -0.15) is 0 Å². The molecule has 2 aliphatic rings. The van der Waals surface area contributed by atoms with E-state index in [1.54, 1.807) is 19.5 Å². The minimum atomic E-state index is -0.251. The Labute approximate surface area is 182 Å². The highest BCUT2D eigenvalue weighted by Crippen LogP contribution is 2.24. The first-order valence-electron chi connectivity index (χ1n) is 10.7. The van der Waals surface area contributed by atoms with Crippen molar-refractivity contribution in [2.45, 2.75) is 37.9 Å². The van der Waals surface area contributed by atoms with Crippen molar-refractivity contribution in [1.29, 1.82) is 0 Å². The van der Waals surface area contributed by atoms with Crippen LogP contribution < -0.4 is 20.9 Å². The Bertz CT molecular complexity index is 882. The lowest BCUT2D eigenvalue weighted by atomic mass is 9.94. The van der Waals surface area contributed by atoms with E-state index in [1.807, 2.05) is 41.3 Å². The zero-order valence-electron chi connectivity index (χ0n) is 17.7. The number of hydrogen-bond donors (Lipinski definition) is 3.